The molecule has 0 bridgehead atoms. The molecule has 0 atom stereocenters. The van der Waals surface area contributed by atoms with Gasteiger partial charge in [-0.3, -0.25) is 0 Å². The number of carbonyl (C=O) groups is 1. The van der Waals surface area contributed by atoms with E-state index < -0.39 is 5.60 Å². The largest absolute Gasteiger partial charge is 0.388 e. The minimum atomic E-state index is -0.799. The van der Waals surface area contributed by atoms with Crippen LogP contribution < -0.4 is 10.6 Å². The van der Waals surface area contributed by atoms with Crippen LogP contribution in [0.4, 0.5) is 14.9 Å². The number of aliphatic hydroxyl groups is 1. The second kappa shape index (κ2) is 6.22. The highest BCUT2D eigenvalue weighted by Gasteiger charge is 2.31. The second-order valence-electron chi connectivity index (χ2n) is 5.72. The Morgan fingerprint density at radius 1 is 1.35 bits per heavy atom. The zero-order chi connectivity index (χ0) is 14.6. The van der Waals surface area contributed by atoms with Crippen molar-refractivity contribution in [3.63, 3.8) is 0 Å². The lowest BCUT2D eigenvalue weighted by molar-refractivity contribution is -0.00356. The third-order valence-electron chi connectivity index (χ3n) is 3.89. The highest BCUT2D eigenvalue weighted by Crippen LogP contribution is 2.31. The molecule has 1 aliphatic rings. The Labute approximate surface area is 118 Å². The van der Waals surface area contributed by atoms with Gasteiger partial charge in [-0.15, -0.1) is 0 Å². The fourth-order valence-corrected chi connectivity index (χ4v) is 2.43. The van der Waals surface area contributed by atoms with Gasteiger partial charge in [0.2, 0.25) is 0 Å². The van der Waals surface area contributed by atoms with E-state index in [0.29, 0.717) is 24.4 Å². The van der Waals surface area contributed by atoms with Gasteiger partial charge < -0.3 is 15.7 Å². The van der Waals surface area contributed by atoms with Crippen LogP contribution in [0.3, 0.4) is 0 Å². The summed E-state index contributed by atoms with van der Waals surface area (Å²) in [5.74, 6) is 0.296. The van der Waals surface area contributed by atoms with E-state index in [2.05, 4.69) is 17.6 Å². The predicted octanol–water partition coefficient (Wildman–Crippen LogP) is 2.89. The topological polar surface area (TPSA) is 61.4 Å². The molecule has 2 rings (SSSR count). The molecule has 110 valence electrons. The lowest BCUT2D eigenvalue weighted by Gasteiger charge is -2.34. The molecule has 0 heterocycles. The fourth-order valence-electron chi connectivity index (χ4n) is 2.43. The maximum absolute atomic E-state index is 12.7. The van der Waals surface area contributed by atoms with E-state index in [-0.39, 0.29) is 18.4 Å². The van der Waals surface area contributed by atoms with E-state index in [4.69, 9.17) is 0 Å². The van der Waals surface area contributed by atoms with E-state index in [1.807, 2.05) is 0 Å². The molecule has 2 amide bonds. The summed E-state index contributed by atoms with van der Waals surface area (Å²) in [7, 11) is 0. The maximum atomic E-state index is 12.7. The first kappa shape index (κ1) is 14.8. The van der Waals surface area contributed by atoms with Crippen molar-refractivity contribution in [2.24, 2.45) is 5.92 Å². The summed E-state index contributed by atoms with van der Waals surface area (Å²) in [6, 6.07) is 5.17. The summed E-state index contributed by atoms with van der Waals surface area (Å²) in [6.45, 7) is 2.42. The Morgan fingerprint density at radius 3 is 2.55 bits per heavy atom. The van der Waals surface area contributed by atoms with Crippen molar-refractivity contribution in [2.45, 2.75) is 38.2 Å². The van der Waals surface area contributed by atoms with E-state index >= 15 is 0 Å². The molecule has 5 heteroatoms. The molecule has 3 N–H and O–H groups in total. The van der Waals surface area contributed by atoms with Crippen molar-refractivity contribution in [2.75, 3.05) is 11.9 Å². The van der Waals surface area contributed by atoms with Gasteiger partial charge in [0.25, 0.3) is 0 Å². The Morgan fingerprint density at radius 2 is 1.95 bits per heavy atom. The van der Waals surface area contributed by atoms with Gasteiger partial charge in [-0.1, -0.05) is 6.92 Å². The Balaban J connectivity index is 1.79. The smallest absolute Gasteiger partial charge is 0.319 e. The zero-order valence-electron chi connectivity index (χ0n) is 11.7. The van der Waals surface area contributed by atoms with Crippen LogP contribution in [0.1, 0.15) is 32.6 Å². The van der Waals surface area contributed by atoms with Gasteiger partial charge in [-0.2, -0.15) is 0 Å². The average Bonchev–Trinajstić information content (AvgIpc) is 2.43. The molecule has 4 nitrogen and oxygen atoms in total. The first-order valence-electron chi connectivity index (χ1n) is 7.00. The number of urea groups is 1. The Hall–Kier alpha value is -1.62. The average molecular weight is 280 g/mol. The molecule has 0 aliphatic heterocycles. The van der Waals surface area contributed by atoms with Crippen LogP contribution in [0.5, 0.6) is 0 Å². The van der Waals surface area contributed by atoms with Crippen LogP contribution in [0.2, 0.25) is 0 Å². The summed E-state index contributed by atoms with van der Waals surface area (Å²) in [5, 5.41) is 15.6. The molecule has 1 aromatic rings. The summed E-state index contributed by atoms with van der Waals surface area (Å²) in [5.41, 5.74) is -0.278. The third kappa shape index (κ3) is 4.20. The van der Waals surface area contributed by atoms with Gasteiger partial charge in [0.05, 0.1) is 5.60 Å². The Bertz CT molecular complexity index is 453. The van der Waals surface area contributed by atoms with Crippen LogP contribution in [0.25, 0.3) is 0 Å². The standard InChI is InChI=1S/C15H21FN2O2/c1-11-6-8-15(20,9-7-11)10-17-14(19)18-13-4-2-12(16)3-5-13/h2-5,11,20H,6-10H2,1H3,(H2,17,18,19). The molecule has 20 heavy (non-hydrogen) atoms. The van der Waals surface area contributed by atoms with E-state index in [1.54, 1.807) is 0 Å². The monoisotopic (exact) mass is 280 g/mol. The highest BCUT2D eigenvalue weighted by atomic mass is 19.1. The molecule has 0 spiro atoms. The second-order valence-corrected chi connectivity index (χ2v) is 5.72. The van der Waals surface area contributed by atoms with Gasteiger partial charge in [-0.25, -0.2) is 9.18 Å². The number of nitrogens with one attached hydrogen (secondary N) is 2. The minimum absolute atomic E-state index is 0.243. The normalized spacial score (nSPS) is 26.1. The number of halogens is 1. The minimum Gasteiger partial charge on any atom is -0.388 e. The van der Waals surface area contributed by atoms with Crippen LogP contribution in [0, 0.1) is 11.7 Å². The summed E-state index contributed by atoms with van der Waals surface area (Å²) >= 11 is 0. The van der Waals surface area contributed by atoms with Gasteiger partial charge in [0.15, 0.2) is 0 Å². The molecule has 1 aliphatic carbocycles. The van der Waals surface area contributed by atoms with E-state index in [9.17, 15) is 14.3 Å². The molecule has 1 saturated carbocycles. The lowest BCUT2D eigenvalue weighted by Crippen LogP contribution is -2.46. The highest BCUT2D eigenvalue weighted by molar-refractivity contribution is 5.89. The molecular formula is C15H21FN2O2. The van der Waals surface area contributed by atoms with Crippen molar-refractivity contribution in [3.05, 3.63) is 30.1 Å². The van der Waals surface area contributed by atoms with Crippen molar-refractivity contribution in [3.8, 4) is 0 Å². The molecule has 1 fully saturated rings. The maximum Gasteiger partial charge on any atom is 0.319 e. The van der Waals surface area contributed by atoms with Crippen molar-refractivity contribution in [1.82, 2.24) is 5.32 Å². The van der Waals surface area contributed by atoms with Crippen molar-refractivity contribution < 1.29 is 14.3 Å². The van der Waals surface area contributed by atoms with Gasteiger partial charge in [-0.05, 0) is 55.9 Å². The van der Waals surface area contributed by atoms with Gasteiger partial charge in [0, 0.05) is 12.2 Å². The first-order chi connectivity index (χ1) is 9.47. The summed E-state index contributed by atoms with van der Waals surface area (Å²) in [6.07, 6.45) is 3.39. The SMILES string of the molecule is CC1CCC(O)(CNC(=O)Nc2ccc(F)cc2)CC1. The van der Waals surface area contributed by atoms with Crippen LogP contribution in [0.15, 0.2) is 24.3 Å². The van der Waals surface area contributed by atoms with Crippen LogP contribution in [-0.4, -0.2) is 23.3 Å². The summed E-state index contributed by atoms with van der Waals surface area (Å²) in [4.78, 5) is 11.7. The van der Waals surface area contributed by atoms with Crippen LogP contribution in [-0.2, 0) is 0 Å². The number of hydrogen-bond donors (Lipinski definition) is 3. The third-order valence-corrected chi connectivity index (χ3v) is 3.89. The molecule has 0 saturated heterocycles. The number of amides is 2. The molecule has 0 radical (unpaired) electrons. The lowest BCUT2D eigenvalue weighted by atomic mass is 9.79. The van der Waals surface area contributed by atoms with E-state index in [1.165, 1.54) is 24.3 Å². The zero-order valence-corrected chi connectivity index (χ0v) is 11.7. The van der Waals surface area contributed by atoms with Crippen molar-refractivity contribution in [1.29, 1.82) is 0 Å². The Kier molecular flexibility index (Phi) is 4.60. The van der Waals surface area contributed by atoms with E-state index in [0.717, 1.165) is 12.8 Å². The number of anilines is 1. The van der Waals surface area contributed by atoms with Gasteiger partial charge in [0.1, 0.15) is 5.82 Å². The number of carbonyl (C=O) groups excluding carboxylic acids is 1. The molecular weight excluding hydrogens is 259 g/mol. The van der Waals surface area contributed by atoms with Crippen molar-refractivity contribution >= 4 is 11.7 Å². The fraction of sp³-hybridized carbons (Fsp3) is 0.533. The van der Waals surface area contributed by atoms with Gasteiger partial charge >= 0.3 is 6.03 Å². The predicted molar refractivity (Wildman–Crippen MR) is 76.0 cm³/mol. The quantitative estimate of drug-likeness (QED) is 0.797. The molecule has 0 aromatic heterocycles. The first-order valence-corrected chi connectivity index (χ1v) is 7.00. The number of benzene rings is 1. The number of rotatable bonds is 3. The molecule has 1 aromatic carbocycles. The summed E-state index contributed by atoms with van der Waals surface area (Å²) < 4.78 is 12.7. The van der Waals surface area contributed by atoms with Crippen LogP contribution >= 0.6 is 0 Å². The number of hydrogen-bond acceptors (Lipinski definition) is 2. The molecule has 0 unspecified atom stereocenters.